The van der Waals surface area contributed by atoms with E-state index in [9.17, 15) is 9.59 Å². The summed E-state index contributed by atoms with van der Waals surface area (Å²) < 4.78 is 0.947. The number of halogens is 1. The van der Waals surface area contributed by atoms with Crippen LogP contribution in [0, 0.1) is 11.8 Å². The second-order valence-electron chi connectivity index (χ2n) is 8.52. The summed E-state index contributed by atoms with van der Waals surface area (Å²) in [6.45, 7) is 2.34. The van der Waals surface area contributed by atoms with Crippen LogP contribution in [0.4, 0.5) is 5.69 Å². The molecule has 0 spiro atoms. The average Bonchev–Trinajstić information content (AvgIpc) is 3.23. The predicted molar refractivity (Wildman–Crippen MR) is 126 cm³/mol. The Hall–Kier alpha value is -1.66. The molecule has 2 aromatic rings. The highest BCUT2D eigenvalue weighted by atomic mass is 79.9. The van der Waals surface area contributed by atoms with E-state index in [1.807, 2.05) is 34.5 Å². The van der Waals surface area contributed by atoms with Gasteiger partial charge in [0, 0.05) is 26.5 Å². The zero-order valence-corrected chi connectivity index (χ0v) is 19.8. The zero-order valence-electron chi connectivity index (χ0n) is 17.4. The maximum atomic E-state index is 13.7. The van der Waals surface area contributed by atoms with Gasteiger partial charge in [-0.15, -0.1) is 11.3 Å². The van der Waals surface area contributed by atoms with Gasteiger partial charge in [-0.1, -0.05) is 48.2 Å². The van der Waals surface area contributed by atoms with E-state index < -0.39 is 0 Å². The summed E-state index contributed by atoms with van der Waals surface area (Å²) in [5.74, 6) is 0.783. The molecule has 1 atom stereocenters. The number of hydrogen-bond donors (Lipinski definition) is 1. The van der Waals surface area contributed by atoms with Crippen LogP contribution in [0.1, 0.15) is 68.4 Å². The number of nitrogens with zero attached hydrogens (tertiary/aromatic N) is 1. The van der Waals surface area contributed by atoms with Crippen molar-refractivity contribution in [3.8, 4) is 0 Å². The lowest BCUT2D eigenvalue weighted by Gasteiger charge is -2.35. The number of thiophene rings is 1. The highest BCUT2D eigenvalue weighted by Crippen LogP contribution is 2.41. The molecule has 2 heterocycles. The lowest BCUT2D eigenvalue weighted by atomic mass is 9.79. The van der Waals surface area contributed by atoms with Crippen LogP contribution in [0.15, 0.2) is 40.2 Å². The first-order valence-electron chi connectivity index (χ1n) is 11.0. The van der Waals surface area contributed by atoms with Gasteiger partial charge in [0.05, 0.1) is 6.04 Å². The summed E-state index contributed by atoms with van der Waals surface area (Å²) in [6.07, 6.45) is 7.93. The smallest absolute Gasteiger partial charge is 0.244 e. The van der Waals surface area contributed by atoms with Gasteiger partial charge in [-0.2, -0.15) is 0 Å². The van der Waals surface area contributed by atoms with E-state index in [1.165, 1.54) is 19.3 Å². The highest BCUT2D eigenvalue weighted by Gasteiger charge is 2.38. The molecular weight excluding hydrogens is 460 g/mol. The lowest BCUT2D eigenvalue weighted by Crippen LogP contribution is -2.43. The molecule has 1 aromatic carbocycles. The van der Waals surface area contributed by atoms with Crippen molar-refractivity contribution in [1.82, 2.24) is 4.90 Å². The van der Waals surface area contributed by atoms with Crippen molar-refractivity contribution in [3.05, 3.63) is 50.6 Å². The molecule has 1 aromatic heterocycles. The first-order valence-corrected chi connectivity index (χ1v) is 12.7. The van der Waals surface area contributed by atoms with Crippen molar-refractivity contribution in [2.45, 2.75) is 57.9 Å². The molecule has 1 aliphatic carbocycles. The molecule has 0 radical (unpaired) electrons. The van der Waals surface area contributed by atoms with Gasteiger partial charge in [-0.3, -0.25) is 9.59 Å². The average molecular weight is 489 g/mol. The summed E-state index contributed by atoms with van der Waals surface area (Å²) in [4.78, 5) is 29.3. The topological polar surface area (TPSA) is 49.4 Å². The van der Waals surface area contributed by atoms with E-state index in [2.05, 4.69) is 34.2 Å². The van der Waals surface area contributed by atoms with Gasteiger partial charge in [0.25, 0.3) is 0 Å². The predicted octanol–water partition coefficient (Wildman–Crippen LogP) is 6.38. The van der Waals surface area contributed by atoms with Crippen LogP contribution < -0.4 is 5.32 Å². The van der Waals surface area contributed by atoms with E-state index >= 15 is 0 Å². The summed E-state index contributed by atoms with van der Waals surface area (Å²) >= 11 is 5.21. The molecular formula is C24H29BrN2O2S. The number of benzene rings is 1. The van der Waals surface area contributed by atoms with Gasteiger partial charge in [0.15, 0.2) is 0 Å². The molecule has 1 unspecified atom stereocenters. The Balaban J connectivity index is 1.62. The standard InChI is InChI=1S/C24H29BrN2O2S/c1-2-3-5-16-7-9-17(10-8-16)24(29)27-15-22(28)26-20-12-11-18(25)14-19(20)23(27)21-6-4-13-30-21/h4,6,11-14,16-17,23H,2-3,5,7-10,15H2,1H3,(H,26,28). The Morgan fingerprint density at radius 1 is 1.23 bits per heavy atom. The van der Waals surface area contributed by atoms with Crippen molar-refractivity contribution in [2.75, 3.05) is 11.9 Å². The van der Waals surface area contributed by atoms with Crippen molar-refractivity contribution in [1.29, 1.82) is 0 Å². The molecule has 160 valence electrons. The fraction of sp³-hybridized carbons (Fsp3) is 0.500. The molecule has 2 aliphatic rings. The Bertz CT molecular complexity index is 891. The molecule has 0 bridgehead atoms. The van der Waals surface area contributed by atoms with Crippen LogP contribution in [0.2, 0.25) is 0 Å². The summed E-state index contributed by atoms with van der Waals surface area (Å²) in [7, 11) is 0. The number of fused-ring (bicyclic) bond motifs is 1. The number of amides is 2. The lowest BCUT2D eigenvalue weighted by molar-refractivity contribution is -0.141. The number of carbonyl (C=O) groups excluding carboxylic acids is 2. The first kappa shape index (κ1) is 21.6. The van der Waals surface area contributed by atoms with E-state index in [0.29, 0.717) is 0 Å². The van der Waals surface area contributed by atoms with Crippen LogP contribution in [0.5, 0.6) is 0 Å². The summed E-state index contributed by atoms with van der Waals surface area (Å²) in [6, 6.07) is 9.73. The number of unbranched alkanes of at least 4 members (excludes halogenated alkanes) is 1. The maximum Gasteiger partial charge on any atom is 0.244 e. The normalized spacial score (nSPS) is 24.1. The molecule has 4 rings (SSSR count). The van der Waals surface area contributed by atoms with Crippen LogP contribution in [-0.2, 0) is 9.59 Å². The number of rotatable bonds is 5. The molecule has 4 nitrogen and oxygen atoms in total. The van der Waals surface area contributed by atoms with Crippen LogP contribution in [-0.4, -0.2) is 23.3 Å². The summed E-state index contributed by atoms with van der Waals surface area (Å²) in [5, 5.41) is 5.05. The van der Waals surface area contributed by atoms with E-state index in [1.54, 1.807) is 11.3 Å². The van der Waals surface area contributed by atoms with E-state index in [-0.39, 0.29) is 30.3 Å². The van der Waals surface area contributed by atoms with Gasteiger partial charge >= 0.3 is 0 Å². The van der Waals surface area contributed by atoms with Crippen LogP contribution in [0.3, 0.4) is 0 Å². The fourth-order valence-electron chi connectivity index (χ4n) is 4.86. The second-order valence-corrected chi connectivity index (χ2v) is 10.4. The molecule has 1 N–H and O–H groups in total. The van der Waals surface area contributed by atoms with Crippen molar-refractivity contribution >= 4 is 44.8 Å². The van der Waals surface area contributed by atoms with Gasteiger partial charge in [0.2, 0.25) is 11.8 Å². The van der Waals surface area contributed by atoms with Crippen molar-refractivity contribution in [2.24, 2.45) is 11.8 Å². The largest absolute Gasteiger partial charge is 0.324 e. The van der Waals surface area contributed by atoms with Crippen molar-refractivity contribution < 1.29 is 9.59 Å². The Labute approximate surface area is 191 Å². The van der Waals surface area contributed by atoms with E-state index in [4.69, 9.17) is 0 Å². The molecule has 6 heteroatoms. The number of anilines is 1. The second kappa shape index (κ2) is 9.65. The Morgan fingerprint density at radius 3 is 2.73 bits per heavy atom. The zero-order chi connectivity index (χ0) is 21.1. The molecule has 30 heavy (non-hydrogen) atoms. The third-order valence-electron chi connectivity index (χ3n) is 6.47. The minimum Gasteiger partial charge on any atom is -0.324 e. The third-order valence-corrected chi connectivity index (χ3v) is 7.88. The number of nitrogens with one attached hydrogen (secondary N) is 1. The number of hydrogen-bond acceptors (Lipinski definition) is 3. The number of carbonyl (C=O) groups is 2. The quantitative estimate of drug-likeness (QED) is 0.530. The first-order chi connectivity index (χ1) is 14.6. The van der Waals surface area contributed by atoms with E-state index in [0.717, 1.165) is 52.2 Å². The summed E-state index contributed by atoms with van der Waals surface area (Å²) in [5.41, 5.74) is 1.77. The SMILES string of the molecule is CCCCC1CCC(C(=O)N2CC(=O)Nc3ccc(Br)cc3C2c2cccs2)CC1. The molecule has 0 saturated heterocycles. The monoisotopic (exact) mass is 488 g/mol. The minimum atomic E-state index is -0.234. The minimum absolute atomic E-state index is 0.0202. The van der Waals surface area contributed by atoms with Gasteiger partial charge in [0.1, 0.15) is 6.54 Å². The van der Waals surface area contributed by atoms with Crippen LogP contribution in [0.25, 0.3) is 0 Å². The highest BCUT2D eigenvalue weighted by molar-refractivity contribution is 9.10. The molecule has 1 saturated carbocycles. The van der Waals surface area contributed by atoms with Crippen molar-refractivity contribution in [3.63, 3.8) is 0 Å². The Morgan fingerprint density at radius 2 is 2.03 bits per heavy atom. The molecule has 2 amide bonds. The molecule has 1 aliphatic heterocycles. The van der Waals surface area contributed by atoms with Gasteiger partial charge in [-0.25, -0.2) is 0 Å². The molecule has 1 fully saturated rings. The van der Waals surface area contributed by atoms with Gasteiger partial charge < -0.3 is 10.2 Å². The maximum absolute atomic E-state index is 13.7. The Kier molecular flexibility index (Phi) is 6.94. The van der Waals surface area contributed by atoms with Gasteiger partial charge in [-0.05, 0) is 61.2 Å². The van der Waals surface area contributed by atoms with Crippen LogP contribution >= 0.6 is 27.3 Å². The third kappa shape index (κ3) is 4.65. The fourth-order valence-corrected chi connectivity index (χ4v) is 6.09.